The molecule has 0 saturated heterocycles. The van der Waals surface area contributed by atoms with Gasteiger partial charge in [0.05, 0.1) is 5.69 Å². The van der Waals surface area contributed by atoms with E-state index in [-0.39, 0.29) is 6.10 Å². The van der Waals surface area contributed by atoms with E-state index in [4.69, 9.17) is 4.74 Å². The largest absolute Gasteiger partial charge is 0.472 e. The van der Waals surface area contributed by atoms with Crippen LogP contribution < -0.4 is 4.74 Å². The van der Waals surface area contributed by atoms with E-state index in [1.807, 2.05) is 13.8 Å². The highest BCUT2D eigenvalue weighted by Gasteiger charge is 2.28. The van der Waals surface area contributed by atoms with Crippen molar-refractivity contribution in [1.29, 1.82) is 0 Å². The topological polar surface area (TPSA) is 66.9 Å². The molecule has 2 aromatic heterocycles. The Balaban J connectivity index is 1.40. The van der Waals surface area contributed by atoms with E-state index in [1.54, 1.807) is 0 Å². The summed E-state index contributed by atoms with van der Waals surface area (Å²) in [5.41, 5.74) is 6.17. The maximum absolute atomic E-state index is 6.03. The zero-order valence-corrected chi connectivity index (χ0v) is 14.0. The molecule has 1 N–H and O–H groups in total. The smallest absolute Gasteiger partial charge is 0.220 e. The van der Waals surface area contributed by atoms with E-state index in [1.165, 1.54) is 23.4 Å². The van der Waals surface area contributed by atoms with Crippen molar-refractivity contribution in [3.8, 4) is 5.88 Å². The summed E-state index contributed by atoms with van der Waals surface area (Å²) in [7, 11) is 2.13. The van der Waals surface area contributed by atoms with Crippen LogP contribution in [-0.4, -0.2) is 44.8 Å². The van der Waals surface area contributed by atoms with E-state index >= 15 is 0 Å². The predicted molar refractivity (Wildman–Crippen MR) is 86.6 cm³/mol. The first-order valence-corrected chi connectivity index (χ1v) is 8.34. The molecule has 0 fully saturated rings. The van der Waals surface area contributed by atoms with Crippen LogP contribution in [-0.2, 0) is 25.8 Å². The molecule has 0 bridgehead atoms. The van der Waals surface area contributed by atoms with Crippen molar-refractivity contribution in [3.63, 3.8) is 0 Å². The minimum atomic E-state index is 0.150. The zero-order valence-electron chi connectivity index (χ0n) is 14.0. The lowest BCUT2D eigenvalue weighted by molar-refractivity contribution is 0.159. The third-order valence-corrected chi connectivity index (χ3v) is 4.82. The summed E-state index contributed by atoms with van der Waals surface area (Å²) >= 11 is 0. The Morgan fingerprint density at radius 2 is 2.09 bits per heavy atom. The average Bonchev–Trinajstić information content (AvgIpc) is 3.15. The molecule has 2 aromatic rings. The summed E-state index contributed by atoms with van der Waals surface area (Å²) in [5.74, 6) is 1.55. The first kappa shape index (κ1) is 14.6. The number of aryl methyl sites for hydroxylation is 3. The zero-order chi connectivity index (χ0) is 16.0. The summed E-state index contributed by atoms with van der Waals surface area (Å²) in [4.78, 5) is 11.2. The van der Waals surface area contributed by atoms with Crippen LogP contribution >= 0.6 is 0 Å². The van der Waals surface area contributed by atoms with Crippen LogP contribution in [0.2, 0.25) is 0 Å². The molecule has 0 amide bonds. The number of fused-ring (bicyclic) bond motifs is 2. The molecule has 6 heteroatoms. The molecule has 122 valence electrons. The minimum absolute atomic E-state index is 0.150. The van der Waals surface area contributed by atoms with Crippen molar-refractivity contribution in [2.75, 3.05) is 13.6 Å². The first-order valence-electron chi connectivity index (χ1n) is 8.34. The van der Waals surface area contributed by atoms with Gasteiger partial charge in [-0.25, -0.2) is 4.98 Å². The number of aromatic nitrogens is 4. The van der Waals surface area contributed by atoms with Crippen LogP contribution in [0.15, 0.2) is 0 Å². The fraction of sp³-hybridized carbons (Fsp3) is 0.588. The molecule has 0 radical (unpaired) electrons. The highest BCUT2D eigenvalue weighted by atomic mass is 16.5. The standard InChI is InChI=1S/C17H23N5O/c1-10-14-7-12(23-17(14)19-11(2)18-10)8-22(3)9-16-13-5-4-6-15(13)20-21-16/h12H,4-9H2,1-3H3,(H,20,21). The van der Waals surface area contributed by atoms with Gasteiger partial charge in [-0.2, -0.15) is 10.1 Å². The maximum Gasteiger partial charge on any atom is 0.220 e. The summed E-state index contributed by atoms with van der Waals surface area (Å²) < 4.78 is 6.03. The third-order valence-electron chi connectivity index (χ3n) is 4.82. The summed E-state index contributed by atoms with van der Waals surface area (Å²) in [6, 6.07) is 0. The van der Waals surface area contributed by atoms with Gasteiger partial charge >= 0.3 is 0 Å². The second-order valence-electron chi connectivity index (χ2n) is 6.76. The summed E-state index contributed by atoms with van der Waals surface area (Å²) in [6.45, 7) is 5.69. The van der Waals surface area contributed by atoms with E-state index in [0.29, 0.717) is 0 Å². The number of hydrogen-bond acceptors (Lipinski definition) is 5. The summed E-state index contributed by atoms with van der Waals surface area (Å²) in [5, 5.41) is 7.67. The molecule has 0 saturated carbocycles. The van der Waals surface area contributed by atoms with E-state index in [9.17, 15) is 0 Å². The van der Waals surface area contributed by atoms with Crippen molar-refractivity contribution in [1.82, 2.24) is 25.1 Å². The molecule has 6 nitrogen and oxygen atoms in total. The minimum Gasteiger partial charge on any atom is -0.472 e. The van der Waals surface area contributed by atoms with Crippen molar-refractivity contribution in [3.05, 3.63) is 34.0 Å². The fourth-order valence-electron chi connectivity index (χ4n) is 3.75. The maximum atomic E-state index is 6.03. The van der Waals surface area contributed by atoms with Gasteiger partial charge in [-0.15, -0.1) is 0 Å². The molecule has 2 aliphatic rings. The monoisotopic (exact) mass is 313 g/mol. The van der Waals surface area contributed by atoms with Crippen molar-refractivity contribution in [2.24, 2.45) is 0 Å². The van der Waals surface area contributed by atoms with Crippen LogP contribution in [0.4, 0.5) is 0 Å². The summed E-state index contributed by atoms with van der Waals surface area (Å²) in [6.07, 6.45) is 4.60. The molecule has 1 aliphatic carbocycles. The Morgan fingerprint density at radius 3 is 2.96 bits per heavy atom. The van der Waals surface area contributed by atoms with E-state index < -0.39 is 0 Å². The van der Waals surface area contributed by atoms with Gasteiger partial charge in [-0.05, 0) is 45.7 Å². The Kier molecular flexibility index (Phi) is 3.56. The molecule has 0 aromatic carbocycles. The van der Waals surface area contributed by atoms with Gasteiger partial charge in [0.1, 0.15) is 11.9 Å². The number of likely N-dealkylation sites (N-methyl/N-ethyl adjacent to an activating group) is 1. The number of nitrogens with zero attached hydrogens (tertiary/aromatic N) is 4. The van der Waals surface area contributed by atoms with Gasteiger partial charge in [0, 0.05) is 36.5 Å². The number of aromatic amines is 1. The number of H-pyrrole nitrogens is 1. The average molecular weight is 313 g/mol. The number of nitrogens with one attached hydrogen (secondary N) is 1. The SMILES string of the molecule is Cc1nc(C)c2c(n1)OC(CN(C)Cc1n[nH]c3c1CCC3)C2. The second-order valence-corrected chi connectivity index (χ2v) is 6.76. The first-order chi connectivity index (χ1) is 11.1. The van der Waals surface area contributed by atoms with Crippen LogP contribution in [0.1, 0.15) is 40.5 Å². The lowest BCUT2D eigenvalue weighted by Gasteiger charge is -2.20. The molecule has 0 spiro atoms. The predicted octanol–water partition coefficient (Wildman–Crippen LogP) is 1.74. The normalized spacial score (nSPS) is 19.0. The Hall–Kier alpha value is -1.95. The fourth-order valence-corrected chi connectivity index (χ4v) is 3.75. The lowest BCUT2D eigenvalue weighted by Crippen LogP contribution is -2.32. The highest BCUT2D eigenvalue weighted by molar-refractivity contribution is 5.35. The van der Waals surface area contributed by atoms with Crippen molar-refractivity contribution >= 4 is 0 Å². The van der Waals surface area contributed by atoms with Gasteiger partial charge in [0.25, 0.3) is 0 Å². The van der Waals surface area contributed by atoms with Crippen LogP contribution in [0.25, 0.3) is 0 Å². The molecule has 1 aliphatic heterocycles. The molecule has 4 rings (SSSR count). The number of rotatable bonds is 4. The van der Waals surface area contributed by atoms with Crippen LogP contribution in [0.5, 0.6) is 5.88 Å². The van der Waals surface area contributed by atoms with E-state index in [0.717, 1.165) is 55.3 Å². The van der Waals surface area contributed by atoms with Crippen molar-refractivity contribution in [2.45, 2.75) is 52.2 Å². The molecule has 1 unspecified atom stereocenters. The van der Waals surface area contributed by atoms with Crippen LogP contribution in [0.3, 0.4) is 0 Å². The van der Waals surface area contributed by atoms with Gasteiger partial charge < -0.3 is 4.74 Å². The lowest BCUT2D eigenvalue weighted by atomic mass is 10.1. The molecule has 1 atom stereocenters. The Morgan fingerprint density at radius 1 is 1.22 bits per heavy atom. The van der Waals surface area contributed by atoms with Gasteiger partial charge in [0.2, 0.25) is 5.88 Å². The third kappa shape index (κ3) is 2.72. The molecule has 3 heterocycles. The van der Waals surface area contributed by atoms with Gasteiger partial charge in [-0.3, -0.25) is 10.00 Å². The Labute approximate surface area is 136 Å². The molecular weight excluding hydrogens is 290 g/mol. The van der Waals surface area contributed by atoms with Crippen molar-refractivity contribution < 1.29 is 4.74 Å². The second kappa shape index (κ2) is 5.60. The molecular formula is C17H23N5O. The van der Waals surface area contributed by atoms with Crippen LogP contribution in [0, 0.1) is 13.8 Å². The number of ether oxygens (including phenoxy) is 1. The highest BCUT2D eigenvalue weighted by Crippen LogP contribution is 2.29. The Bertz CT molecular complexity index is 739. The molecule has 23 heavy (non-hydrogen) atoms. The van der Waals surface area contributed by atoms with Gasteiger partial charge in [-0.1, -0.05) is 0 Å². The van der Waals surface area contributed by atoms with E-state index in [2.05, 4.69) is 32.1 Å². The van der Waals surface area contributed by atoms with Gasteiger partial charge in [0.15, 0.2) is 0 Å². The number of hydrogen-bond donors (Lipinski definition) is 1. The quantitative estimate of drug-likeness (QED) is 0.931.